The van der Waals surface area contributed by atoms with E-state index >= 15 is 0 Å². The fourth-order valence-electron chi connectivity index (χ4n) is 0. The van der Waals surface area contributed by atoms with Gasteiger partial charge in [0.15, 0.2) is 0 Å². The van der Waals surface area contributed by atoms with E-state index in [4.69, 9.17) is 2.81 Å². The Balaban J connectivity index is 0. The topological polar surface area (TPSA) is 17.1 Å². The first-order chi connectivity index (χ1) is 1.41. The van der Waals surface area contributed by atoms with Gasteiger partial charge in [0.2, 0.25) is 0 Å². The molecule has 0 aliphatic carbocycles. The third-order valence-electron chi connectivity index (χ3n) is 0. The molecule has 0 aliphatic rings. The number of hydrogen-bond donors (Lipinski definition) is 0. The van der Waals surface area contributed by atoms with Gasteiger partial charge >= 0.3 is 33.4 Å². The summed E-state index contributed by atoms with van der Waals surface area (Å²) in [5.41, 5.74) is 0. The number of halogens is 1. The molecule has 0 atom stereocenters. The van der Waals surface area contributed by atoms with E-state index in [0.717, 1.165) is 0 Å². The fourth-order valence-corrected chi connectivity index (χ4v) is 0. The monoisotopic (exact) mass is 319 g/mol. The van der Waals surface area contributed by atoms with Crippen molar-refractivity contribution in [2.45, 2.75) is 0 Å². The van der Waals surface area contributed by atoms with Crippen LogP contribution in [0.2, 0.25) is 0 Å². The average molecular weight is 319 g/mol. The molecule has 0 unspecified atom stereocenters. The van der Waals surface area contributed by atoms with Gasteiger partial charge in [-0.05, 0) is 0 Å². The Labute approximate surface area is 49.9 Å². The molecule has 0 bridgehead atoms. The molecular weight excluding hydrogens is 319 g/mol. The summed E-state index contributed by atoms with van der Waals surface area (Å²) in [6.45, 7) is 0. The van der Waals surface area contributed by atoms with Crippen LogP contribution in [0.4, 0.5) is 0 Å². The standard InChI is InChI=1S/Bi.ClH.Co.O/h;1H;;/q+1;;;/p-1. The maximum absolute atomic E-state index is 8.88. The summed E-state index contributed by atoms with van der Waals surface area (Å²) in [6, 6.07) is 0. The van der Waals surface area contributed by atoms with E-state index in [1.165, 1.54) is 0 Å². The Morgan fingerprint density at radius 3 is 1.75 bits per heavy atom. The van der Waals surface area contributed by atoms with Crippen LogP contribution in [-0.4, -0.2) is 22.0 Å². The van der Waals surface area contributed by atoms with Gasteiger partial charge in [0.05, 0.1) is 0 Å². The van der Waals surface area contributed by atoms with Gasteiger partial charge in [-0.3, -0.25) is 0 Å². The van der Waals surface area contributed by atoms with Crippen molar-refractivity contribution >= 4 is 30.6 Å². The van der Waals surface area contributed by atoms with Crippen molar-refractivity contribution in [2.24, 2.45) is 0 Å². The first-order valence-electron chi connectivity index (χ1n) is 0.352. The molecule has 0 aromatic heterocycles. The van der Waals surface area contributed by atoms with Crippen LogP contribution in [0.5, 0.6) is 0 Å². The van der Waals surface area contributed by atoms with Crippen LogP contribution in [-0.2, 0) is 19.6 Å². The first kappa shape index (κ1) is 9.08. The minimum absolute atomic E-state index is 0. The van der Waals surface area contributed by atoms with Gasteiger partial charge in [0.1, 0.15) is 0 Å². The molecule has 0 fully saturated rings. The summed E-state index contributed by atoms with van der Waals surface area (Å²) in [5.74, 6) is 0. The summed E-state index contributed by atoms with van der Waals surface area (Å²) in [7, 11) is 4.62. The molecule has 0 saturated carbocycles. The van der Waals surface area contributed by atoms with Gasteiger partial charge in [-0.25, -0.2) is 0 Å². The summed E-state index contributed by atoms with van der Waals surface area (Å²) >= 11 is -1.61. The molecular formula is BiClCoO. The van der Waals surface area contributed by atoms with Gasteiger partial charge in [-0.2, -0.15) is 0 Å². The van der Waals surface area contributed by atoms with Gasteiger partial charge in [-0.15, -0.1) is 0 Å². The molecule has 0 spiro atoms. The molecule has 0 aromatic carbocycles. The van der Waals surface area contributed by atoms with Crippen LogP contribution in [0, 0.1) is 0 Å². The van der Waals surface area contributed by atoms with Crippen LogP contribution in [0.1, 0.15) is 0 Å². The Hall–Kier alpha value is 1.48. The van der Waals surface area contributed by atoms with E-state index in [1.807, 2.05) is 0 Å². The molecule has 0 saturated heterocycles. The zero-order valence-electron chi connectivity index (χ0n) is 1.57. The normalized spacial score (nSPS) is 3.25. The Bertz CT molecular complexity index is 15.5. The van der Waals surface area contributed by atoms with Crippen LogP contribution < -0.4 is 0 Å². The quantitative estimate of drug-likeness (QED) is 0.583. The van der Waals surface area contributed by atoms with Crippen molar-refractivity contribution in [1.82, 2.24) is 0 Å². The SMILES string of the molecule is [Co].[O]=[Bi][Cl]. The predicted molar refractivity (Wildman–Crippen MR) is 12.3 cm³/mol. The molecule has 4 heteroatoms. The van der Waals surface area contributed by atoms with E-state index < -0.39 is 22.0 Å². The zero-order chi connectivity index (χ0) is 2.71. The molecule has 0 N–H and O–H groups in total. The van der Waals surface area contributed by atoms with Crippen LogP contribution in [0.3, 0.4) is 0 Å². The van der Waals surface area contributed by atoms with E-state index in [-0.39, 0.29) is 16.8 Å². The van der Waals surface area contributed by atoms with Gasteiger partial charge in [0, 0.05) is 16.8 Å². The van der Waals surface area contributed by atoms with E-state index in [2.05, 4.69) is 8.51 Å². The van der Waals surface area contributed by atoms with Gasteiger partial charge in [-0.1, -0.05) is 0 Å². The third kappa shape index (κ3) is 9.77. The Kier molecular flexibility index (Phi) is 20.0. The van der Waals surface area contributed by atoms with Crippen LogP contribution in [0.25, 0.3) is 0 Å². The second-order valence-corrected chi connectivity index (χ2v) is 1.82. The van der Waals surface area contributed by atoms with E-state index in [9.17, 15) is 0 Å². The average Bonchev–Trinajstić information content (AvgIpc) is 0.918. The number of hydrogen-bond acceptors (Lipinski definition) is 1. The molecule has 0 rings (SSSR count). The molecule has 1 radical (unpaired) electrons. The molecule has 0 aromatic rings. The third-order valence-corrected chi connectivity index (χ3v) is 0. The summed E-state index contributed by atoms with van der Waals surface area (Å²) in [6.07, 6.45) is 0. The minimum atomic E-state index is -1.61. The molecule has 0 aliphatic heterocycles. The van der Waals surface area contributed by atoms with Crippen LogP contribution >= 0.6 is 8.51 Å². The van der Waals surface area contributed by atoms with Crippen molar-refractivity contribution in [2.75, 3.05) is 0 Å². The molecule has 1 nitrogen and oxygen atoms in total. The van der Waals surface area contributed by atoms with Gasteiger partial charge < -0.3 is 0 Å². The van der Waals surface area contributed by atoms with E-state index in [1.54, 1.807) is 0 Å². The van der Waals surface area contributed by atoms with Crippen molar-refractivity contribution < 1.29 is 19.6 Å². The molecule has 27 valence electrons. The van der Waals surface area contributed by atoms with Crippen molar-refractivity contribution in [1.29, 1.82) is 0 Å². The van der Waals surface area contributed by atoms with E-state index in [0.29, 0.717) is 0 Å². The van der Waals surface area contributed by atoms with Gasteiger partial charge in [0.25, 0.3) is 0 Å². The number of rotatable bonds is 0. The first-order valence-corrected chi connectivity index (χ1v) is 6.05. The summed E-state index contributed by atoms with van der Waals surface area (Å²) in [4.78, 5) is 0. The van der Waals surface area contributed by atoms with Crippen molar-refractivity contribution in [3.63, 3.8) is 0 Å². The zero-order valence-corrected chi connectivity index (χ0v) is 6.84. The van der Waals surface area contributed by atoms with Crippen molar-refractivity contribution in [3.8, 4) is 0 Å². The van der Waals surface area contributed by atoms with Crippen molar-refractivity contribution in [3.05, 3.63) is 0 Å². The second-order valence-electron chi connectivity index (χ2n) is 0.0690. The Morgan fingerprint density at radius 2 is 1.75 bits per heavy atom. The van der Waals surface area contributed by atoms with Crippen LogP contribution in [0.15, 0.2) is 0 Å². The molecule has 4 heavy (non-hydrogen) atoms. The molecule has 0 amide bonds. The fraction of sp³-hybridized carbons (Fsp3) is 0. The summed E-state index contributed by atoms with van der Waals surface area (Å²) < 4.78 is 8.88. The second kappa shape index (κ2) is 8.82. The molecule has 0 heterocycles. The Morgan fingerprint density at radius 1 is 1.75 bits per heavy atom. The summed E-state index contributed by atoms with van der Waals surface area (Å²) in [5, 5.41) is 0. The predicted octanol–water partition coefficient (Wildman–Crippen LogP) is 0.187. The maximum atomic E-state index is 8.88.